The minimum atomic E-state index is -0.279. The molecule has 0 aliphatic heterocycles. The zero-order chi connectivity index (χ0) is 10.4. The smallest absolute Gasteiger partial charge is 0.338 e. The first kappa shape index (κ1) is 10.6. The van der Waals surface area contributed by atoms with E-state index in [9.17, 15) is 4.79 Å². The Bertz CT molecular complexity index is 298. The Labute approximate surface area is 85.4 Å². The summed E-state index contributed by atoms with van der Waals surface area (Å²) in [6.45, 7) is 2.54. The largest absolute Gasteiger partial charge is 0.462 e. The zero-order valence-corrected chi connectivity index (χ0v) is 8.32. The molecule has 0 aromatic heterocycles. The molecule has 0 unspecified atom stereocenters. The fraction of sp³-hybridized carbons (Fsp3) is 0.364. The van der Waals surface area contributed by atoms with Crippen LogP contribution in [-0.4, -0.2) is 12.6 Å². The van der Waals surface area contributed by atoms with Gasteiger partial charge in [-0.2, -0.15) is 0 Å². The average molecular weight is 195 g/mol. The molecule has 0 bridgehead atoms. The molecule has 0 atom stereocenters. The highest BCUT2D eigenvalue weighted by atomic mass is 16.5. The molecule has 3 nitrogen and oxygen atoms in total. The molecule has 0 fully saturated rings. The van der Waals surface area contributed by atoms with E-state index in [2.05, 4.69) is 6.92 Å². The Morgan fingerprint density at radius 2 is 2.07 bits per heavy atom. The Hall–Kier alpha value is -1.51. The van der Waals surface area contributed by atoms with E-state index in [0.717, 1.165) is 12.8 Å². The van der Waals surface area contributed by atoms with Crippen molar-refractivity contribution in [3.05, 3.63) is 29.8 Å². The Kier molecular flexibility index (Phi) is 3.98. The normalized spacial score (nSPS) is 9.79. The molecule has 3 heteroatoms. The van der Waals surface area contributed by atoms with Gasteiger partial charge < -0.3 is 10.5 Å². The van der Waals surface area contributed by atoms with Crippen LogP contribution in [0, 0.1) is 0 Å². The quantitative estimate of drug-likeness (QED) is 0.456. The first-order valence-electron chi connectivity index (χ1n) is 4.76. The number of rotatable bonds is 4. The number of ether oxygens (including phenoxy) is 1. The number of nitrogens with two attached hydrogens (primary N) is 1. The molecular formula is C11H17NO2. The zero-order valence-electron chi connectivity index (χ0n) is 8.32. The lowest BCUT2D eigenvalue weighted by molar-refractivity contribution is 0.0500. The molecule has 1 aromatic carbocycles. The fourth-order valence-corrected chi connectivity index (χ4v) is 1.01. The van der Waals surface area contributed by atoms with Crippen molar-refractivity contribution < 1.29 is 11.0 Å². The number of unbranched alkanes of at least 4 members (excludes halogenated alkanes) is 1. The van der Waals surface area contributed by atoms with Crippen LogP contribution in [0.15, 0.2) is 24.3 Å². The summed E-state index contributed by atoms with van der Waals surface area (Å²) in [4.78, 5) is 11.4. The van der Waals surface area contributed by atoms with Crippen LogP contribution < -0.4 is 5.73 Å². The van der Waals surface area contributed by atoms with E-state index in [-0.39, 0.29) is 7.40 Å². The number of carbonyl (C=O) groups is 1. The molecule has 1 rings (SSSR count). The van der Waals surface area contributed by atoms with E-state index in [0.29, 0.717) is 17.9 Å². The molecule has 0 saturated heterocycles. The van der Waals surface area contributed by atoms with Gasteiger partial charge in [-0.1, -0.05) is 13.3 Å². The molecule has 0 heterocycles. The van der Waals surface area contributed by atoms with Crippen molar-refractivity contribution in [1.82, 2.24) is 0 Å². The lowest BCUT2D eigenvalue weighted by Crippen LogP contribution is -2.06. The van der Waals surface area contributed by atoms with Gasteiger partial charge in [0, 0.05) is 7.11 Å². The molecule has 0 spiro atoms. The maximum Gasteiger partial charge on any atom is 0.338 e. The Morgan fingerprint density at radius 1 is 1.43 bits per heavy atom. The molecule has 0 saturated carbocycles. The minimum Gasteiger partial charge on any atom is -0.462 e. The van der Waals surface area contributed by atoms with Crippen LogP contribution >= 0.6 is 0 Å². The lowest BCUT2D eigenvalue weighted by Gasteiger charge is -2.03. The van der Waals surface area contributed by atoms with Gasteiger partial charge in [0.25, 0.3) is 0 Å². The highest BCUT2D eigenvalue weighted by Crippen LogP contribution is 2.07. The highest BCUT2D eigenvalue weighted by molar-refractivity contribution is 5.89. The molecular weight excluding hydrogens is 178 g/mol. The van der Waals surface area contributed by atoms with E-state index in [1.807, 2.05) is 0 Å². The second-order valence-corrected chi connectivity index (χ2v) is 3.11. The average Bonchev–Trinajstić information content (AvgIpc) is 2.19. The maximum atomic E-state index is 11.4. The first-order chi connectivity index (χ1) is 6.74. The van der Waals surface area contributed by atoms with Gasteiger partial charge in [-0.15, -0.1) is 0 Å². The number of esters is 1. The Balaban J connectivity index is 0.00000196. The van der Waals surface area contributed by atoms with Gasteiger partial charge in [0.2, 0.25) is 0 Å². The van der Waals surface area contributed by atoms with Crippen LogP contribution in [0.5, 0.6) is 0 Å². The second-order valence-electron chi connectivity index (χ2n) is 3.11. The number of carbonyl (C=O) groups excluding carboxylic acids is 1. The minimum absolute atomic E-state index is 0. The standard InChI is InChI=1S/C11H15NO2.H2/c1-2-3-8-14-11(13)9-4-6-10(12)7-5-9;/h4-7H,2-3,8,12H2,1H3;1H. The summed E-state index contributed by atoms with van der Waals surface area (Å²) in [6.07, 6.45) is 1.93. The van der Waals surface area contributed by atoms with E-state index >= 15 is 0 Å². The molecule has 14 heavy (non-hydrogen) atoms. The molecule has 0 radical (unpaired) electrons. The van der Waals surface area contributed by atoms with Crippen molar-refractivity contribution in [3.63, 3.8) is 0 Å². The number of hydrogen-bond acceptors (Lipinski definition) is 3. The van der Waals surface area contributed by atoms with Crippen molar-refractivity contribution in [2.75, 3.05) is 12.3 Å². The molecule has 1 aromatic rings. The SMILES string of the molecule is CCCCOC(=O)c1ccc(N)cc1.[HH]. The Morgan fingerprint density at radius 3 is 2.64 bits per heavy atom. The van der Waals surface area contributed by atoms with Crippen molar-refractivity contribution in [2.24, 2.45) is 0 Å². The lowest BCUT2D eigenvalue weighted by atomic mass is 10.2. The van der Waals surface area contributed by atoms with Gasteiger partial charge in [-0.05, 0) is 30.7 Å². The van der Waals surface area contributed by atoms with Crippen LogP contribution in [0.2, 0.25) is 0 Å². The molecule has 0 aliphatic carbocycles. The summed E-state index contributed by atoms with van der Waals surface area (Å²) in [7, 11) is 0. The van der Waals surface area contributed by atoms with Gasteiger partial charge in [-0.25, -0.2) is 4.79 Å². The van der Waals surface area contributed by atoms with Gasteiger partial charge >= 0.3 is 5.97 Å². The summed E-state index contributed by atoms with van der Waals surface area (Å²) in [6, 6.07) is 6.72. The van der Waals surface area contributed by atoms with Crippen LogP contribution in [0.4, 0.5) is 5.69 Å². The van der Waals surface area contributed by atoms with Crippen LogP contribution in [0.25, 0.3) is 0 Å². The van der Waals surface area contributed by atoms with Crippen LogP contribution in [0.3, 0.4) is 0 Å². The van der Waals surface area contributed by atoms with E-state index in [1.165, 1.54) is 0 Å². The second kappa shape index (κ2) is 5.27. The van der Waals surface area contributed by atoms with Gasteiger partial charge in [0.15, 0.2) is 0 Å². The first-order valence-corrected chi connectivity index (χ1v) is 4.76. The van der Waals surface area contributed by atoms with Gasteiger partial charge in [0.1, 0.15) is 0 Å². The molecule has 2 N–H and O–H groups in total. The number of anilines is 1. The predicted molar refractivity (Wildman–Crippen MR) is 58.2 cm³/mol. The number of benzene rings is 1. The molecule has 78 valence electrons. The summed E-state index contributed by atoms with van der Waals surface area (Å²) >= 11 is 0. The summed E-state index contributed by atoms with van der Waals surface area (Å²) in [5.74, 6) is -0.279. The summed E-state index contributed by atoms with van der Waals surface area (Å²) in [5.41, 5.74) is 6.70. The van der Waals surface area contributed by atoms with E-state index in [1.54, 1.807) is 24.3 Å². The monoisotopic (exact) mass is 195 g/mol. The maximum absolute atomic E-state index is 11.4. The summed E-state index contributed by atoms with van der Waals surface area (Å²) in [5, 5.41) is 0. The fourth-order valence-electron chi connectivity index (χ4n) is 1.01. The number of nitrogen functional groups attached to an aromatic ring is 1. The highest BCUT2D eigenvalue weighted by Gasteiger charge is 2.05. The third-order valence-electron chi connectivity index (χ3n) is 1.88. The van der Waals surface area contributed by atoms with E-state index in [4.69, 9.17) is 10.5 Å². The van der Waals surface area contributed by atoms with E-state index < -0.39 is 0 Å². The predicted octanol–water partition coefficient (Wildman–Crippen LogP) is 2.47. The number of hydrogen-bond donors (Lipinski definition) is 1. The third kappa shape index (κ3) is 3.09. The topological polar surface area (TPSA) is 52.3 Å². The van der Waals surface area contributed by atoms with Crippen LogP contribution in [-0.2, 0) is 4.74 Å². The molecule has 0 aliphatic rings. The van der Waals surface area contributed by atoms with Gasteiger partial charge in [0.05, 0.1) is 12.2 Å². The summed E-state index contributed by atoms with van der Waals surface area (Å²) < 4.78 is 5.03. The van der Waals surface area contributed by atoms with Crippen LogP contribution in [0.1, 0.15) is 31.6 Å². The van der Waals surface area contributed by atoms with Crippen molar-refractivity contribution in [3.8, 4) is 0 Å². The molecule has 0 amide bonds. The van der Waals surface area contributed by atoms with Crippen molar-refractivity contribution in [2.45, 2.75) is 19.8 Å². The van der Waals surface area contributed by atoms with Crippen molar-refractivity contribution in [1.29, 1.82) is 0 Å². The van der Waals surface area contributed by atoms with Crippen molar-refractivity contribution >= 4 is 11.7 Å². The third-order valence-corrected chi connectivity index (χ3v) is 1.88. The van der Waals surface area contributed by atoms with Gasteiger partial charge in [-0.3, -0.25) is 0 Å².